The standard InChI is InChI=1S/C24H42O23/c25-1-5(29)9(30)18(37)23(42,22(40)41)24(19(38)13(34)10(31)6(2-26)46-24)47-17-8(4-28)44-21(15(36)12(17)33)45-16-7(3-27)43-20(39)14(35)11(16)32/h5-21,25-39,42H,1-4H2,(H,40,41)/t5?,6-,7-,8-,9?,10-,11-,12-,13+,14-,15-,16-,17-,18?,19-,20+,21?,23?,24?/m1/s1. The van der Waals surface area contributed by atoms with Crippen LogP contribution in [0.15, 0.2) is 0 Å². The zero-order valence-electron chi connectivity index (χ0n) is 24.2. The van der Waals surface area contributed by atoms with Crippen molar-refractivity contribution in [3.8, 4) is 0 Å². The number of ether oxygens (including phenoxy) is 5. The zero-order chi connectivity index (χ0) is 35.8. The largest absolute Gasteiger partial charge is 0.479 e. The van der Waals surface area contributed by atoms with E-state index in [0.717, 1.165) is 0 Å². The zero-order valence-corrected chi connectivity index (χ0v) is 24.2. The third-order valence-corrected chi connectivity index (χ3v) is 8.40. The molecule has 0 aromatic carbocycles. The molecule has 0 amide bonds. The number of hydrogen-bond donors (Lipinski definition) is 17. The molecule has 23 nitrogen and oxygen atoms in total. The van der Waals surface area contributed by atoms with Gasteiger partial charge in [0.2, 0.25) is 11.4 Å². The van der Waals surface area contributed by atoms with Crippen LogP contribution in [-0.2, 0) is 28.5 Å². The minimum absolute atomic E-state index is 0.934. The molecule has 23 heteroatoms. The maximum Gasteiger partial charge on any atom is 0.344 e. The maximum atomic E-state index is 12.6. The van der Waals surface area contributed by atoms with Gasteiger partial charge in [0.1, 0.15) is 91.6 Å². The lowest BCUT2D eigenvalue weighted by Crippen LogP contribution is -2.82. The third kappa shape index (κ3) is 7.00. The summed E-state index contributed by atoms with van der Waals surface area (Å²) < 4.78 is 26.4. The summed E-state index contributed by atoms with van der Waals surface area (Å²) in [4.78, 5) is 12.6. The van der Waals surface area contributed by atoms with Crippen LogP contribution in [0, 0.1) is 0 Å². The van der Waals surface area contributed by atoms with E-state index in [-0.39, 0.29) is 0 Å². The second-order valence-electron chi connectivity index (χ2n) is 11.3. The predicted molar refractivity (Wildman–Crippen MR) is 138 cm³/mol. The molecule has 3 fully saturated rings. The lowest BCUT2D eigenvalue weighted by molar-refractivity contribution is -0.448. The van der Waals surface area contributed by atoms with Gasteiger partial charge in [-0.05, 0) is 0 Å². The van der Waals surface area contributed by atoms with Gasteiger partial charge >= 0.3 is 5.97 Å². The Labute approximate surface area is 263 Å². The van der Waals surface area contributed by atoms with E-state index in [1.54, 1.807) is 0 Å². The first kappa shape index (κ1) is 40.1. The molecule has 3 rings (SSSR count). The highest BCUT2D eigenvalue weighted by atomic mass is 16.8. The van der Waals surface area contributed by atoms with Crippen LogP contribution in [-0.4, -0.2) is 235 Å². The number of aliphatic hydroxyl groups excluding tert-OH is 15. The van der Waals surface area contributed by atoms with E-state index in [2.05, 4.69) is 0 Å². The molecular weight excluding hydrogens is 656 g/mol. The van der Waals surface area contributed by atoms with Crippen molar-refractivity contribution in [2.24, 2.45) is 0 Å². The van der Waals surface area contributed by atoms with Gasteiger partial charge in [0, 0.05) is 0 Å². The van der Waals surface area contributed by atoms with Crippen LogP contribution in [0.2, 0.25) is 0 Å². The van der Waals surface area contributed by atoms with Crippen molar-refractivity contribution >= 4 is 5.97 Å². The first-order valence-corrected chi connectivity index (χ1v) is 14.1. The summed E-state index contributed by atoms with van der Waals surface area (Å²) >= 11 is 0. The second kappa shape index (κ2) is 15.7. The summed E-state index contributed by atoms with van der Waals surface area (Å²) in [6.45, 7) is -4.84. The molecule has 47 heavy (non-hydrogen) atoms. The monoisotopic (exact) mass is 698 g/mol. The molecular formula is C24H42O23. The molecule has 17 N–H and O–H groups in total. The van der Waals surface area contributed by atoms with Gasteiger partial charge < -0.3 is 110 Å². The van der Waals surface area contributed by atoms with E-state index in [4.69, 9.17) is 23.7 Å². The van der Waals surface area contributed by atoms with E-state index >= 15 is 0 Å². The summed E-state index contributed by atoms with van der Waals surface area (Å²) in [6.07, 6.45) is -39.3. The van der Waals surface area contributed by atoms with Gasteiger partial charge in [-0.1, -0.05) is 0 Å². The summed E-state index contributed by atoms with van der Waals surface area (Å²) in [6, 6.07) is 0. The second-order valence-corrected chi connectivity index (χ2v) is 11.3. The summed E-state index contributed by atoms with van der Waals surface area (Å²) in [7, 11) is 0. The van der Waals surface area contributed by atoms with Crippen molar-refractivity contribution in [2.75, 3.05) is 26.4 Å². The fraction of sp³-hybridized carbons (Fsp3) is 0.958. The predicted octanol–water partition coefficient (Wildman–Crippen LogP) is -11.3. The van der Waals surface area contributed by atoms with E-state index in [1.807, 2.05) is 0 Å². The van der Waals surface area contributed by atoms with Crippen molar-refractivity contribution in [3.05, 3.63) is 0 Å². The molecule has 3 saturated heterocycles. The average molecular weight is 699 g/mol. The minimum atomic E-state index is -4.29. The molecule has 3 aliphatic heterocycles. The van der Waals surface area contributed by atoms with Crippen molar-refractivity contribution in [1.82, 2.24) is 0 Å². The number of aliphatic hydroxyl groups is 16. The smallest absolute Gasteiger partial charge is 0.344 e. The molecule has 0 radical (unpaired) electrons. The molecule has 276 valence electrons. The average Bonchev–Trinajstić information content (AvgIpc) is 3.06. The van der Waals surface area contributed by atoms with Crippen molar-refractivity contribution in [3.63, 3.8) is 0 Å². The van der Waals surface area contributed by atoms with Gasteiger partial charge in [-0.3, -0.25) is 0 Å². The van der Waals surface area contributed by atoms with Crippen LogP contribution in [0.25, 0.3) is 0 Å². The van der Waals surface area contributed by atoms with E-state index in [1.165, 1.54) is 0 Å². The van der Waals surface area contributed by atoms with Gasteiger partial charge in [0.05, 0.1) is 26.4 Å². The van der Waals surface area contributed by atoms with Crippen molar-refractivity contribution in [1.29, 1.82) is 0 Å². The number of aliphatic carboxylic acids is 1. The number of carbonyl (C=O) groups is 1. The van der Waals surface area contributed by atoms with Crippen LogP contribution in [0.5, 0.6) is 0 Å². The minimum Gasteiger partial charge on any atom is -0.479 e. The highest BCUT2D eigenvalue weighted by molar-refractivity contribution is 5.80. The highest BCUT2D eigenvalue weighted by Gasteiger charge is 2.74. The van der Waals surface area contributed by atoms with Gasteiger partial charge in [0.25, 0.3) is 0 Å². The van der Waals surface area contributed by atoms with Crippen LogP contribution in [0.1, 0.15) is 0 Å². The fourth-order valence-electron chi connectivity index (χ4n) is 5.59. The molecule has 3 heterocycles. The molecule has 0 aromatic heterocycles. The quantitative estimate of drug-likeness (QED) is 0.0848. The van der Waals surface area contributed by atoms with E-state index in [9.17, 15) is 91.6 Å². The Balaban J connectivity index is 2.08. The molecule has 0 aliphatic carbocycles. The lowest BCUT2D eigenvalue weighted by atomic mass is 9.75. The SMILES string of the molecule is O=C(O)C(O)(C(O)C(O)C(O)CO)C1(O[C@H]2[C@H](O)[C@@H](O)C(O[C@H]3[C@H](O)[C@@H](O)[C@@H](O)O[C@@H]3CO)O[C@@H]2CO)O[C@H](CO)[C@@H](O)[C@H](O)[C@H]1O. The molecule has 0 spiro atoms. The Morgan fingerprint density at radius 1 is 0.723 bits per heavy atom. The Morgan fingerprint density at radius 3 is 1.77 bits per heavy atom. The van der Waals surface area contributed by atoms with Gasteiger partial charge in [-0.25, -0.2) is 4.79 Å². The third-order valence-electron chi connectivity index (χ3n) is 8.40. The van der Waals surface area contributed by atoms with Gasteiger partial charge in [-0.2, -0.15) is 0 Å². The molecule has 0 bridgehead atoms. The highest BCUT2D eigenvalue weighted by Crippen LogP contribution is 2.45. The van der Waals surface area contributed by atoms with Crippen LogP contribution in [0.4, 0.5) is 0 Å². The van der Waals surface area contributed by atoms with Crippen LogP contribution in [0.3, 0.4) is 0 Å². The van der Waals surface area contributed by atoms with E-state index < -0.39 is 148 Å². The van der Waals surface area contributed by atoms with Crippen LogP contribution >= 0.6 is 0 Å². The molecule has 0 saturated carbocycles. The molecule has 0 aromatic rings. The molecule has 3 aliphatic rings. The van der Waals surface area contributed by atoms with Crippen molar-refractivity contribution in [2.45, 2.75) is 116 Å². The van der Waals surface area contributed by atoms with Gasteiger partial charge in [-0.15, -0.1) is 0 Å². The topological polar surface area (TPSA) is 407 Å². The number of carboxylic acid groups (broad SMARTS) is 1. The van der Waals surface area contributed by atoms with E-state index in [0.29, 0.717) is 0 Å². The summed E-state index contributed by atoms with van der Waals surface area (Å²) in [5.74, 6) is -6.56. The summed E-state index contributed by atoms with van der Waals surface area (Å²) in [5, 5.41) is 175. The first-order valence-electron chi connectivity index (χ1n) is 14.1. The Hall–Kier alpha value is -1.37. The molecule has 19 atom stereocenters. The van der Waals surface area contributed by atoms with Crippen LogP contribution < -0.4 is 0 Å². The number of carboxylic acids is 1. The Kier molecular flexibility index (Phi) is 13.4. The number of hydrogen-bond acceptors (Lipinski definition) is 22. The summed E-state index contributed by atoms with van der Waals surface area (Å²) in [5.41, 5.74) is -4.29. The maximum absolute atomic E-state index is 12.6. The lowest BCUT2D eigenvalue weighted by Gasteiger charge is -2.57. The number of rotatable bonds is 13. The van der Waals surface area contributed by atoms with Crippen molar-refractivity contribution < 1.29 is 115 Å². The Morgan fingerprint density at radius 2 is 1.26 bits per heavy atom. The van der Waals surface area contributed by atoms with Gasteiger partial charge in [0.15, 0.2) is 12.6 Å². The molecule has 6 unspecified atom stereocenters. The normalized spacial score (nSPS) is 46.3. The fourth-order valence-corrected chi connectivity index (χ4v) is 5.59. The Bertz CT molecular complexity index is 1020. The first-order chi connectivity index (χ1) is 21.9.